The lowest BCUT2D eigenvalue weighted by Crippen LogP contribution is -2.64. The van der Waals surface area contributed by atoms with Crippen LogP contribution in [-0.2, 0) is 4.79 Å². The first-order valence-electron chi connectivity index (χ1n) is 7.04. The Hall–Kier alpha value is -1.24. The molecule has 0 bridgehead atoms. The van der Waals surface area contributed by atoms with Gasteiger partial charge < -0.3 is 5.11 Å². The standard InChI is InChI=1S/C14H21F3N2O2/c1-8-6-5-7-9-10(8)18-19(11(20)12(2,3)4)13(9,21)14(15,16)17/h8,18,21H,5-7H2,1-4H3/t8-,13+/m1/s1. The second kappa shape index (κ2) is 4.63. The number of nitrogens with one attached hydrogen (secondary N) is 1. The Labute approximate surface area is 122 Å². The summed E-state index contributed by atoms with van der Waals surface area (Å²) in [5.41, 5.74) is -1.53. The van der Waals surface area contributed by atoms with Crippen LogP contribution in [0.15, 0.2) is 11.3 Å². The number of halogens is 3. The molecule has 120 valence electrons. The van der Waals surface area contributed by atoms with Crippen molar-refractivity contribution in [3.05, 3.63) is 11.3 Å². The highest BCUT2D eigenvalue weighted by Crippen LogP contribution is 2.49. The van der Waals surface area contributed by atoms with Gasteiger partial charge in [-0.05, 0) is 25.2 Å². The Morgan fingerprint density at radius 2 is 1.95 bits per heavy atom. The van der Waals surface area contributed by atoms with Crippen LogP contribution in [0.3, 0.4) is 0 Å². The van der Waals surface area contributed by atoms with Crippen LogP contribution in [0.2, 0.25) is 0 Å². The molecule has 0 aromatic carbocycles. The quantitative estimate of drug-likeness (QED) is 0.723. The lowest BCUT2D eigenvalue weighted by molar-refractivity contribution is -0.295. The van der Waals surface area contributed by atoms with Crippen LogP contribution in [0.25, 0.3) is 0 Å². The molecule has 0 fully saturated rings. The van der Waals surface area contributed by atoms with E-state index in [9.17, 15) is 23.1 Å². The van der Waals surface area contributed by atoms with Gasteiger partial charge in [0.25, 0.3) is 5.72 Å². The zero-order valence-electron chi connectivity index (χ0n) is 12.6. The van der Waals surface area contributed by atoms with Crippen LogP contribution < -0.4 is 5.43 Å². The number of nitrogens with zero attached hydrogens (tertiary/aromatic N) is 1. The number of allylic oxidation sites excluding steroid dienone is 1. The lowest BCUT2D eigenvalue weighted by atomic mass is 9.84. The highest BCUT2D eigenvalue weighted by Gasteiger charge is 2.67. The van der Waals surface area contributed by atoms with Gasteiger partial charge in [-0.3, -0.25) is 10.2 Å². The Balaban J connectivity index is 2.53. The Bertz CT molecular complexity index is 493. The fourth-order valence-corrected chi connectivity index (χ4v) is 2.87. The third kappa shape index (κ3) is 2.31. The molecule has 0 saturated carbocycles. The molecule has 2 N–H and O–H groups in total. The number of aliphatic hydroxyl groups is 1. The fraction of sp³-hybridized carbons (Fsp3) is 0.786. The largest absolute Gasteiger partial charge is 0.442 e. The van der Waals surface area contributed by atoms with Gasteiger partial charge in [0.2, 0.25) is 5.91 Å². The normalized spacial score (nSPS) is 30.3. The Morgan fingerprint density at radius 1 is 1.38 bits per heavy atom. The summed E-state index contributed by atoms with van der Waals surface area (Å²) >= 11 is 0. The van der Waals surface area contributed by atoms with E-state index in [1.807, 2.05) is 0 Å². The predicted molar refractivity (Wildman–Crippen MR) is 70.5 cm³/mol. The van der Waals surface area contributed by atoms with Crippen molar-refractivity contribution in [2.24, 2.45) is 11.3 Å². The van der Waals surface area contributed by atoms with Crippen molar-refractivity contribution in [3.8, 4) is 0 Å². The summed E-state index contributed by atoms with van der Waals surface area (Å²) in [6.45, 7) is 6.36. The Kier molecular flexibility index (Phi) is 3.56. The maximum absolute atomic E-state index is 13.5. The summed E-state index contributed by atoms with van der Waals surface area (Å²) in [7, 11) is 0. The van der Waals surface area contributed by atoms with Crippen molar-refractivity contribution >= 4 is 5.91 Å². The minimum Gasteiger partial charge on any atom is -0.359 e. The molecule has 0 radical (unpaired) electrons. The molecule has 1 amide bonds. The minimum atomic E-state index is -4.95. The fourth-order valence-electron chi connectivity index (χ4n) is 2.87. The summed E-state index contributed by atoms with van der Waals surface area (Å²) in [5.74, 6) is -0.927. The molecule has 2 atom stereocenters. The van der Waals surface area contributed by atoms with Gasteiger partial charge in [-0.1, -0.05) is 27.7 Å². The summed E-state index contributed by atoms with van der Waals surface area (Å²) in [6.07, 6.45) is -3.51. The van der Waals surface area contributed by atoms with E-state index >= 15 is 0 Å². The number of hydrazine groups is 1. The number of carbonyl (C=O) groups is 1. The van der Waals surface area contributed by atoms with Crippen LogP contribution in [0.4, 0.5) is 13.2 Å². The number of hydrogen-bond acceptors (Lipinski definition) is 3. The number of hydrogen-bond donors (Lipinski definition) is 2. The van der Waals surface area contributed by atoms with Crippen molar-refractivity contribution in [1.82, 2.24) is 10.4 Å². The van der Waals surface area contributed by atoms with E-state index in [2.05, 4.69) is 5.43 Å². The molecule has 0 aromatic heterocycles. The van der Waals surface area contributed by atoms with E-state index in [-0.39, 0.29) is 17.9 Å². The van der Waals surface area contributed by atoms with Gasteiger partial charge in [-0.25, -0.2) is 5.01 Å². The SMILES string of the molecule is C[C@@H]1CCCC2=C1NN(C(=O)C(C)(C)C)[C@@]2(O)C(F)(F)F. The smallest absolute Gasteiger partial charge is 0.359 e. The van der Waals surface area contributed by atoms with Gasteiger partial charge in [-0.15, -0.1) is 0 Å². The van der Waals surface area contributed by atoms with Crippen molar-refractivity contribution < 1.29 is 23.1 Å². The minimum absolute atomic E-state index is 0.119. The summed E-state index contributed by atoms with van der Waals surface area (Å²) < 4.78 is 40.6. The van der Waals surface area contributed by atoms with E-state index in [4.69, 9.17) is 0 Å². The highest BCUT2D eigenvalue weighted by atomic mass is 19.4. The summed E-state index contributed by atoms with van der Waals surface area (Å²) in [6, 6.07) is 0. The van der Waals surface area contributed by atoms with Gasteiger partial charge in [0.1, 0.15) is 0 Å². The predicted octanol–water partition coefficient (Wildman–Crippen LogP) is 2.70. The average Bonchev–Trinajstić information content (AvgIpc) is 2.63. The average molecular weight is 306 g/mol. The zero-order chi connectivity index (χ0) is 16.2. The maximum atomic E-state index is 13.5. The number of carbonyl (C=O) groups excluding carboxylic acids is 1. The molecule has 7 heteroatoms. The molecular weight excluding hydrogens is 285 g/mol. The molecule has 21 heavy (non-hydrogen) atoms. The molecular formula is C14H21F3N2O2. The van der Waals surface area contributed by atoms with Crippen molar-refractivity contribution in [2.75, 3.05) is 0 Å². The van der Waals surface area contributed by atoms with Crippen LogP contribution in [0.5, 0.6) is 0 Å². The molecule has 1 heterocycles. The third-order valence-corrected chi connectivity index (χ3v) is 4.10. The van der Waals surface area contributed by atoms with E-state index in [0.717, 1.165) is 6.42 Å². The second-order valence-corrected chi connectivity index (χ2v) is 6.86. The van der Waals surface area contributed by atoms with Crippen LogP contribution in [0, 0.1) is 11.3 Å². The molecule has 1 aliphatic carbocycles. The molecule has 4 nitrogen and oxygen atoms in total. The van der Waals surface area contributed by atoms with Crippen LogP contribution in [0.1, 0.15) is 47.0 Å². The first-order chi connectivity index (χ1) is 9.40. The van der Waals surface area contributed by atoms with Crippen molar-refractivity contribution in [1.29, 1.82) is 0 Å². The first kappa shape index (κ1) is 16.1. The van der Waals surface area contributed by atoms with E-state index in [0.29, 0.717) is 17.1 Å². The van der Waals surface area contributed by atoms with Crippen LogP contribution in [-0.4, -0.2) is 27.9 Å². The van der Waals surface area contributed by atoms with Crippen molar-refractivity contribution in [3.63, 3.8) is 0 Å². The third-order valence-electron chi connectivity index (χ3n) is 4.10. The van der Waals surface area contributed by atoms with Crippen LogP contribution >= 0.6 is 0 Å². The number of rotatable bonds is 0. The Morgan fingerprint density at radius 3 is 2.43 bits per heavy atom. The van der Waals surface area contributed by atoms with E-state index < -0.39 is 23.2 Å². The molecule has 2 rings (SSSR count). The van der Waals surface area contributed by atoms with Gasteiger partial charge in [-0.2, -0.15) is 13.2 Å². The monoisotopic (exact) mass is 306 g/mol. The van der Waals surface area contributed by atoms with Gasteiger partial charge >= 0.3 is 6.18 Å². The van der Waals surface area contributed by atoms with Gasteiger partial charge in [0.15, 0.2) is 0 Å². The topological polar surface area (TPSA) is 52.6 Å². The lowest BCUT2D eigenvalue weighted by Gasteiger charge is -2.39. The number of amides is 1. The number of alkyl halides is 3. The molecule has 0 aromatic rings. The molecule has 0 unspecified atom stereocenters. The van der Waals surface area contributed by atoms with Crippen molar-refractivity contribution in [2.45, 2.75) is 58.9 Å². The summed E-state index contributed by atoms with van der Waals surface area (Å²) in [4.78, 5) is 12.4. The second-order valence-electron chi connectivity index (χ2n) is 6.86. The van der Waals surface area contributed by atoms with E-state index in [1.165, 1.54) is 20.8 Å². The van der Waals surface area contributed by atoms with Gasteiger partial charge in [0.05, 0.1) is 0 Å². The molecule has 2 aliphatic rings. The molecule has 1 aliphatic heterocycles. The van der Waals surface area contributed by atoms with E-state index in [1.54, 1.807) is 6.92 Å². The molecule has 0 spiro atoms. The maximum Gasteiger partial charge on any atom is 0.442 e. The highest BCUT2D eigenvalue weighted by molar-refractivity contribution is 5.83. The van der Waals surface area contributed by atoms with Gasteiger partial charge in [0, 0.05) is 16.7 Å². The molecule has 0 saturated heterocycles. The zero-order valence-corrected chi connectivity index (χ0v) is 12.6. The summed E-state index contributed by atoms with van der Waals surface area (Å²) in [5, 5.41) is 10.8. The first-order valence-corrected chi connectivity index (χ1v) is 7.04.